The van der Waals surface area contributed by atoms with Crippen molar-refractivity contribution >= 4 is 35.0 Å². The second kappa shape index (κ2) is 10.6. The third-order valence-corrected chi connectivity index (χ3v) is 6.18. The van der Waals surface area contributed by atoms with Crippen molar-refractivity contribution in [1.29, 1.82) is 0 Å². The summed E-state index contributed by atoms with van der Waals surface area (Å²) in [5.41, 5.74) is 4.99. The molecule has 40 heavy (non-hydrogen) atoms. The van der Waals surface area contributed by atoms with Gasteiger partial charge >= 0.3 is 0 Å². The Morgan fingerprint density at radius 3 is 2.40 bits per heavy atom. The highest BCUT2D eigenvalue weighted by molar-refractivity contribution is 5.91. The lowest BCUT2D eigenvalue weighted by Crippen LogP contribution is -2.16. The number of H-pyrrole nitrogens is 1. The average Bonchev–Trinajstić information content (AvgIpc) is 3.60. The molecule has 0 bridgehead atoms. The van der Waals surface area contributed by atoms with E-state index in [1.54, 1.807) is 15.6 Å². The third-order valence-electron chi connectivity index (χ3n) is 6.18. The maximum absolute atomic E-state index is 12.7. The summed E-state index contributed by atoms with van der Waals surface area (Å²) in [6, 6.07) is 13.3. The first-order chi connectivity index (χ1) is 19.0. The summed E-state index contributed by atoms with van der Waals surface area (Å²) in [5, 5.41) is 25.4. The van der Waals surface area contributed by atoms with Crippen LogP contribution in [0.4, 0.5) is 29.1 Å². The molecular weight excluding hydrogens is 506 g/mol. The molecule has 4 heterocycles. The van der Waals surface area contributed by atoms with Crippen LogP contribution < -0.4 is 16.0 Å². The normalized spacial score (nSPS) is 11.4. The van der Waals surface area contributed by atoms with Crippen LogP contribution in [0.5, 0.6) is 0 Å². The van der Waals surface area contributed by atoms with Crippen molar-refractivity contribution in [3.63, 3.8) is 0 Å². The minimum absolute atomic E-state index is 0.0976. The monoisotopic (exact) mass is 539 g/mol. The molecule has 1 amide bonds. The van der Waals surface area contributed by atoms with Crippen LogP contribution in [0.1, 0.15) is 37.7 Å². The Morgan fingerprint density at radius 2 is 1.77 bits per heavy atom. The number of hydrogen-bond acceptors (Lipinski definition) is 8. The molecule has 206 valence electrons. The SMILES string of the molecule is Cc1cc(Nc2cc(-c3cnn(C)c3)nc(Nc3ccc(CC(=O)Nc4cc(C(C)(C)C)nn4C)cc3)n2)n[nH]1. The fourth-order valence-corrected chi connectivity index (χ4v) is 4.04. The standard InChI is InChI=1S/C28H33N11O/c1-17-11-24(36-35-17)32-23-13-21(19-15-29-38(5)16-19)31-27(33-23)30-20-9-7-18(8-10-20)12-26(40)34-25-14-22(28(2,3)4)37-39(25)6/h7-11,13-16H,12H2,1-6H3,(H,34,40)(H3,30,31,32,33,35,36). The van der Waals surface area contributed by atoms with Crippen LogP contribution >= 0.6 is 0 Å². The molecule has 12 nitrogen and oxygen atoms in total. The molecule has 4 N–H and O–H groups in total. The quantitative estimate of drug-likeness (QED) is 0.224. The molecule has 0 saturated carbocycles. The molecule has 0 radical (unpaired) electrons. The number of aromatic amines is 1. The number of carbonyl (C=O) groups is 1. The molecule has 12 heteroatoms. The highest BCUT2D eigenvalue weighted by atomic mass is 16.1. The summed E-state index contributed by atoms with van der Waals surface area (Å²) in [6.07, 6.45) is 3.88. The lowest BCUT2D eigenvalue weighted by atomic mass is 9.92. The maximum atomic E-state index is 12.7. The van der Waals surface area contributed by atoms with Crippen LogP contribution in [0, 0.1) is 6.92 Å². The van der Waals surface area contributed by atoms with E-state index in [-0.39, 0.29) is 17.7 Å². The van der Waals surface area contributed by atoms with Gasteiger partial charge in [-0.05, 0) is 24.6 Å². The van der Waals surface area contributed by atoms with Crippen molar-refractivity contribution in [3.8, 4) is 11.3 Å². The van der Waals surface area contributed by atoms with Gasteiger partial charge in [-0.25, -0.2) is 4.98 Å². The van der Waals surface area contributed by atoms with Gasteiger partial charge in [0.2, 0.25) is 11.9 Å². The second-order valence-electron chi connectivity index (χ2n) is 10.8. The van der Waals surface area contributed by atoms with E-state index in [1.807, 2.05) is 69.7 Å². The Hall–Kier alpha value is -5.00. The first-order valence-corrected chi connectivity index (χ1v) is 12.9. The zero-order chi connectivity index (χ0) is 28.4. The fourth-order valence-electron chi connectivity index (χ4n) is 4.04. The smallest absolute Gasteiger partial charge is 0.229 e. The topological polar surface area (TPSA) is 143 Å². The van der Waals surface area contributed by atoms with Gasteiger partial charge in [-0.3, -0.25) is 19.3 Å². The van der Waals surface area contributed by atoms with Gasteiger partial charge in [-0.1, -0.05) is 32.9 Å². The molecule has 5 rings (SSSR count). The van der Waals surface area contributed by atoms with Crippen molar-refractivity contribution in [3.05, 3.63) is 71.8 Å². The number of amides is 1. The number of nitrogens with zero attached hydrogens (tertiary/aromatic N) is 7. The number of carbonyl (C=O) groups excluding carboxylic acids is 1. The number of anilines is 5. The van der Waals surface area contributed by atoms with Gasteiger partial charge < -0.3 is 16.0 Å². The van der Waals surface area contributed by atoms with Gasteiger partial charge in [0.1, 0.15) is 11.6 Å². The first-order valence-electron chi connectivity index (χ1n) is 12.9. The number of hydrogen-bond donors (Lipinski definition) is 4. The lowest BCUT2D eigenvalue weighted by molar-refractivity contribution is -0.115. The summed E-state index contributed by atoms with van der Waals surface area (Å²) in [4.78, 5) is 22.0. The highest BCUT2D eigenvalue weighted by Crippen LogP contribution is 2.26. The van der Waals surface area contributed by atoms with E-state index in [0.717, 1.165) is 28.2 Å². The summed E-state index contributed by atoms with van der Waals surface area (Å²) < 4.78 is 3.42. The Kier molecular flexibility index (Phi) is 7.07. The fraction of sp³-hybridized carbons (Fsp3) is 0.286. The van der Waals surface area contributed by atoms with Crippen LogP contribution in [0.3, 0.4) is 0 Å². The maximum Gasteiger partial charge on any atom is 0.229 e. The molecule has 4 aromatic heterocycles. The molecule has 5 aromatic rings. The minimum atomic E-state index is -0.110. The second-order valence-corrected chi connectivity index (χ2v) is 10.8. The summed E-state index contributed by atoms with van der Waals surface area (Å²) >= 11 is 0. The van der Waals surface area contributed by atoms with Gasteiger partial charge in [-0.15, -0.1) is 0 Å². The molecule has 0 aliphatic heterocycles. The molecule has 0 saturated heterocycles. The Balaban J connectivity index is 1.29. The predicted octanol–water partition coefficient (Wildman–Crippen LogP) is 4.61. The summed E-state index contributed by atoms with van der Waals surface area (Å²) in [7, 11) is 3.69. The van der Waals surface area contributed by atoms with E-state index >= 15 is 0 Å². The van der Waals surface area contributed by atoms with Crippen LogP contribution in [0.2, 0.25) is 0 Å². The summed E-state index contributed by atoms with van der Waals surface area (Å²) in [6.45, 7) is 8.21. The molecular formula is C28H33N11O. The van der Waals surface area contributed by atoms with Gasteiger partial charge in [0.25, 0.3) is 0 Å². The van der Waals surface area contributed by atoms with Gasteiger partial charge in [-0.2, -0.15) is 20.3 Å². The van der Waals surface area contributed by atoms with E-state index in [4.69, 9.17) is 0 Å². The predicted molar refractivity (Wildman–Crippen MR) is 155 cm³/mol. The number of aromatic nitrogens is 8. The van der Waals surface area contributed by atoms with Crippen LogP contribution in [-0.2, 0) is 30.7 Å². The molecule has 0 fully saturated rings. The zero-order valence-corrected chi connectivity index (χ0v) is 23.4. The number of benzene rings is 1. The van der Waals surface area contributed by atoms with Gasteiger partial charge in [0, 0.05) is 60.9 Å². The van der Waals surface area contributed by atoms with Crippen LogP contribution in [-0.4, -0.2) is 45.6 Å². The molecule has 0 unspecified atom stereocenters. The van der Waals surface area contributed by atoms with Crippen molar-refractivity contribution in [2.24, 2.45) is 14.1 Å². The first kappa shape index (κ1) is 26.6. The molecule has 0 aliphatic rings. The van der Waals surface area contributed by atoms with Crippen molar-refractivity contribution in [1.82, 2.24) is 39.7 Å². The van der Waals surface area contributed by atoms with E-state index in [0.29, 0.717) is 29.1 Å². The van der Waals surface area contributed by atoms with Crippen LogP contribution in [0.15, 0.2) is 54.9 Å². The Bertz CT molecular complexity index is 1640. The van der Waals surface area contributed by atoms with E-state index in [2.05, 4.69) is 67.1 Å². The molecule has 0 atom stereocenters. The Labute approximate surface area is 232 Å². The largest absolute Gasteiger partial charge is 0.324 e. The van der Waals surface area contributed by atoms with Crippen molar-refractivity contribution in [2.75, 3.05) is 16.0 Å². The van der Waals surface area contributed by atoms with E-state index < -0.39 is 0 Å². The molecule has 1 aromatic carbocycles. The van der Waals surface area contributed by atoms with E-state index in [1.165, 1.54) is 0 Å². The van der Waals surface area contributed by atoms with Crippen molar-refractivity contribution < 1.29 is 4.79 Å². The van der Waals surface area contributed by atoms with Crippen LogP contribution in [0.25, 0.3) is 11.3 Å². The Morgan fingerprint density at radius 1 is 1.00 bits per heavy atom. The number of aryl methyl sites for hydroxylation is 3. The lowest BCUT2D eigenvalue weighted by Gasteiger charge is -2.13. The summed E-state index contributed by atoms with van der Waals surface area (Å²) in [5.74, 6) is 2.21. The third kappa shape index (κ3) is 6.34. The van der Waals surface area contributed by atoms with Gasteiger partial charge in [0.15, 0.2) is 5.82 Å². The number of rotatable bonds is 8. The molecule has 0 spiro atoms. The van der Waals surface area contributed by atoms with Crippen molar-refractivity contribution in [2.45, 2.75) is 39.5 Å². The molecule has 0 aliphatic carbocycles. The zero-order valence-electron chi connectivity index (χ0n) is 23.4. The van der Waals surface area contributed by atoms with Gasteiger partial charge in [0.05, 0.1) is 24.0 Å². The number of nitrogens with one attached hydrogen (secondary N) is 4. The minimum Gasteiger partial charge on any atom is -0.324 e. The average molecular weight is 540 g/mol. The van der Waals surface area contributed by atoms with E-state index in [9.17, 15) is 4.79 Å². The highest BCUT2D eigenvalue weighted by Gasteiger charge is 2.20.